The predicted molar refractivity (Wildman–Crippen MR) is 90.3 cm³/mol. The lowest BCUT2D eigenvalue weighted by Gasteiger charge is -2.32. The number of likely N-dealkylation sites (tertiary alicyclic amines) is 1. The number of amides is 1. The van der Waals surface area contributed by atoms with Crippen LogP contribution >= 0.6 is 0 Å². The van der Waals surface area contributed by atoms with Gasteiger partial charge < -0.3 is 9.64 Å². The fourth-order valence-electron chi connectivity index (χ4n) is 4.39. The molecular weight excluding hydrogens is 318 g/mol. The van der Waals surface area contributed by atoms with Crippen molar-refractivity contribution < 1.29 is 9.53 Å². The van der Waals surface area contributed by atoms with Gasteiger partial charge in [-0.15, -0.1) is 10.2 Å². The van der Waals surface area contributed by atoms with Crippen LogP contribution in [-0.4, -0.2) is 56.9 Å². The number of carbonyl (C=O) groups excluding carboxylic acids is 1. The van der Waals surface area contributed by atoms with Crippen molar-refractivity contribution in [3.05, 3.63) is 23.1 Å². The van der Waals surface area contributed by atoms with Crippen LogP contribution in [0.1, 0.15) is 48.7 Å². The number of aryl methyl sites for hydroxylation is 2. The van der Waals surface area contributed by atoms with Crippen LogP contribution in [0.15, 0.2) is 6.07 Å². The van der Waals surface area contributed by atoms with Crippen molar-refractivity contribution in [3.63, 3.8) is 0 Å². The Hall–Kier alpha value is -2.02. The van der Waals surface area contributed by atoms with Crippen LogP contribution < -0.4 is 0 Å². The molecule has 2 aliphatic heterocycles. The van der Waals surface area contributed by atoms with Gasteiger partial charge in [-0.2, -0.15) is 9.61 Å². The number of ether oxygens (including phenoxy) is 1. The highest BCUT2D eigenvalue weighted by Gasteiger charge is 2.32. The molecule has 3 aliphatic rings. The molecule has 2 aromatic rings. The summed E-state index contributed by atoms with van der Waals surface area (Å²) in [6.07, 6.45) is 6.07. The molecule has 2 saturated heterocycles. The first kappa shape index (κ1) is 15.3. The molecule has 1 amide bonds. The number of nitrogens with zero attached hydrogens (tertiary/aromatic N) is 5. The van der Waals surface area contributed by atoms with E-state index in [0.29, 0.717) is 19.1 Å². The molecule has 0 radical (unpaired) electrons. The quantitative estimate of drug-likeness (QED) is 0.825. The summed E-state index contributed by atoms with van der Waals surface area (Å²) < 4.78 is 7.30. The Balaban J connectivity index is 1.32. The lowest BCUT2D eigenvalue weighted by molar-refractivity contribution is -0.136. The van der Waals surface area contributed by atoms with Crippen molar-refractivity contribution in [1.29, 1.82) is 0 Å². The number of hydrogen-bond acceptors (Lipinski definition) is 5. The SMILES string of the molecule is O=C(C1CCOC1)N1CCC(c2nnc3cc4c(nn23)CCC4)CC1. The van der Waals surface area contributed by atoms with Gasteiger partial charge in [-0.25, -0.2) is 0 Å². The maximum Gasteiger partial charge on any atom is 0.228 e. The smallest absolute Gasteiger partial charge is 0.228 e. The van der Waals surface area contributed by atoms with Gasteiger partial charge in [0.05, 0.1) is 18.2 Å². The maximum atomic E-state index is 12.5. The third-order valence-electron chi connectivity index (χ3n) is 5.89. The minimum absolute atomic E-state index is 0.0646. The molecule has 5 rings (SSSR count). The zero-order valence-electron chi connectivity index (χ0n) is 14.4. The Bertz CT molecular complexity index is 803. The van der Waals surface area contributed by atoms with Crippen molar-refractivity contribution in [2.75, 3.05) is 26.3 Å². The van der Waals surface area contributed by atoms with Crippen LogP contribution in [0.25, 0.3) is 5.65 Å². The van der Waals surface area contributed by atoms with E-state index < -0.39 is 0 Å². The average molecular weight is 341 g/mol. The number of aromatic nitrogens is 4. The maximum absolute atomic E-state index is 12.5. The highest BCUT2D eigenvalue weighted by Crippen LogP contribution is 2.29. The van der Waals surface area contributed by atoms with Crippen molar-refractivity contribution in [1.82, 2.24) is 24.7 Å². The summed E-state index contributed by atoms with van der Waals surface area (Å²) in [5.41, 5.74) is 3.38. The normalized spacial score (nSPS) is 24.2. The third-order valence-corrected chi connectivity index (χ3v) is 5.89. The summed E-state index contributed by atoms with van der Waals surface area (Å²) >= 11 is 0. The molecule has 1 atom stereocenters. The fourth-order valence-corrected chi connectivity index (χ4v) is 4.39. The summed E-state index contributed by atoms with van der Waals surface area (Å²) in [5.74, 6) is 1.61. The first-order valence-electron chi connectivity index (χ1n) is 9.40. The van der Waals surface area contributed by atoms with Crippen molar-refractivity contribution in [3.8, 4) is 0 Å². The minimum atomic E-state index is 0.0646. The van der Waals surface area contributed by atoms with Crippen LogP contribution in [-0.2, 0) is 22.4 Å². The fraction of sp³-hybridized carbons (Fsp3) is 0.667. The largest absolute Gasteiger partial charge is 0.381 e. The molecule has 0 saturated carbocycles. The summed E-state index contributed by atoms with van der Waals surface area (Å²) in [6.45, 7) is 2.89. The highest BCUT2D eigenvalue weighted by atomic mass is 16.5. The van der Waals surface area contributed by atoms with E-state index in [1.165, 1.54) is 17.7 Å². The Labute approximate surface area is 146 Å². The number of rotatable bonds is 2. The number of fused-ring (bicyclic) bond motifs is 2. The van der Waals surface area contributed by atoms with E-state index in [0.717, 1.165) is 56.7 Å². The van der Waals surface area contributed by atoms with Gasteiger partial charge >= 0.3 is 0 Å². The minimum Gasteiger partial charge on any atom is -0.381 e. The van der Waals surface area contributed by atoms with Gasteiger partial charge in [0.1, 0.15) is 0 Å². The van der Waals surface area contributed by atoms with Gasteiger partial charge in [0.25, 0.3) is 0 Å². The van der Waals surface area contributed by atoms with Gasteiger partial charge in [0, 0.05) is 25.6 Å². The van der Waals surface area contributed by atoms with E-state index in [-0.39, 0.29) is 11.8 Å². The first-order valence-corrected chi connectivity index (χ1v) is 9.40. The van der Waals surface area contributed by atoms with Crippen molar-refractivity contribution >= 4 is 11.6 Å². The lowest BCUT2D eigenvalue weighted by atomic mass is 9.95. The Morgan fingerprint density at radius 3 is 2.84 bits per heavy atom. The molecule has 132 valence electrons. The van der Waals surface area contributed by atoms with Gasteiger partial charge in [0.15, 0.2) is 11.5 Å². The highest BCUT2D eigenvalue weighted by molar-refractivity contribution is 5.79. The molecule has 7 heteroatoms. The second-order valence-corrected chi connectivity index (χ2v) is 7.46. The number of carbonyl (C=O) groups is 1. The lowest BCUT2D eigenvalue weighted by Crippen LogP contribution is -2.41. The summed E-state index contributed by atoms with van der Waals surface area (Å²) in [7, 11) is 0. The molecule has 0 aromatic carbocycles. The first-order chi connectivity index (χ1) is 12.3. The van der Waals surface area contributed by atoms with E-state index in [2.05, 4.69) is 16.3 Å². The van der Waals surface area contributed by atoms with E-state index in [4.69, 9.17) is 9.84 Å². The van der Waals surface area contributed by atoms with Gasteiger partial charge in [0.2, 0.25) is 5.91 Å². The summed E-state index contributed by atoms with van der Waals surface area (Å²) in [5, 5.41) is 13.6. The topological polar surface area (TPSA) is 72.6 Å². The zero-order chi connectivity index (χ0) is 16.8. The number of piperidine rings is 1. The van der Waals surface area contributed by atoms with Crippen molar-refractivity contribution in [2.45, 2.75) is 44.4 Å². The van der Waals surface area contributed by atoms with Crippen molar-refractivity contribution in [2.24, 2.45) is 5.92 Å². The van der Waals surface area contributed by atoms with Gasteiger partial charge in [-0.1, -0.05) is 0 Å². The van der Waals surface area contributed by atoms with E-state index in [1.807, 2.05) is 9.42 Å². The van der Waals surface area contributed by atoms with Gasteiger partial charge in [-0.3, -0.25) is 4.79 Å². The van der Waals surface area contributed by atoms with E-state index in [1.54, 1.807) is 0 Å². The molecule has 1 aliphatic carbocycles. The van der Waals surface area contributed by atoms with Crippen LogP contribution in [0.3, 0.4) is 0 Å². The second kappa shape index (κ2) is 6.05. The molecule has 0 spiro atoms. The molecule has 0 bridgehead atoms. The molecule has 1 unspecified atom stereocenters. The Morgan fingerprint density at radius 1 is 1.16 bits per heavy atom. The van der Waals surface area contributed by atoms with Crippen LogP contribution in [0.4, 0.5) is 0 Å². The van der Waals surface area contributed by atoms with Gasteiger partial charge in [-0.05, 0) is 50.2 Å². The van der Waals surface area contributed by atoms with Crippen LogP contribution in [0.5, 0.6) is 0 Å². The molecule has 2 fully saturated rings. The molecule has 2 aromatic heterocycles. The predicted octanol–water partition coefficient (Wildman–Crippen LogP) is 1.36. The van der Waals surface area contributed by atoms with E-state index in [9.17, 15) is 4.79 Å². The molecule has 4 heterocycles. The Morgan fingerprint density at radius 2 is 2.04 bits per heavy atom. The monoisotopic (exact) mass is 341 g/mol. The summed E-state index contributed by atoms with van der Waals surface area (Å²) in [6, 6.07) is 2.14. The van der Waals surface area contributed by atoms with Crippen LogP contribution in [0.2, 0.25) is 0 Å². The Kier molecular flexibility index (Phi) is 3.69. The zero-order valence-corrected chi connectivity index (χ0v) is 14.4. The molecular formula is C18H23N5O2. The summed E-state index contributed by atoms with van der Waals surface area (Å²) in [4.78, 5) is 14.5. The van der Waals surface area contributed by atoms with Crippen LogP contribution in [0, 0.1) is 5.92 Å². The second-order valence-electron chi connectivity index (χ2n) is 7.46. The molecule has 25 heavy (non-hydrogen) atoms. The molecule has 7 nitrogen and oxygen atoms in total. The number of hydrogen-bond donors (Lipinski definition) is 0. The van der Waals surface area contributed by atoms with E-state index >= 15 is 0 Å². The third kappa shape index (κ3) is 2.61. The average Bonchev–Trinajstić information content (AvgIpc) is 3.39. The molecule has 0 N–H and O–H groups in total. The standard InChI is InChI=1S/C18H23N5O2/c24-18(14-6-9-25-11-14)22-7-4-12(5-8-22)17-20-19-16-10-13-2-1-3-15(13)21-23(16)17/h10,12,14H,1-9,11H2.